The second kappa shape index (κ2) is 6.57. The van der Waals surface area contributed by atoms with Crippen LogP contribution in [0.25, 0.3) is 0 Å². The number of nitrogens with two attached hydrogens (primary N) is 2. The van der Waals surface area contributed by atoms with Gasteiger partial charge in [-0.2, -0.15) is 0 Å². The van der Waals surface area contributed by atoms with Gasteiger partial charge in [0, 0.05) is 44.5 Å². The third kappa shape index (κ3) is 3.31. The monoisotopic (exact) mass is 316 g/mol. The molecule has 1 aromatic carbocycles. The molecule has 23 heavy (non-hydrogen) atoms. The van der Waals surface area contributed by atoms with Crippen molar-refractivity contribution in [3.05, 3.63) is 41.6 Å². The Morgan fingerprint density at radius 3 is 2.61 bits per heavy atom. The van der Waals surface area contributed by atoms with Gasteiger partial charge in [-0.3, -0.25) is 4.90 Å². The first kappa shape index (κ1) is 15.8. The molecule has 124 valence electrons. The number of benzene rings is 1. The van der Waals surface area contributed by atoms with Crippen molar-refractivity contribution >= 4 is 5.96 Å². The summed E-state index contributed by atoms with van der Waals surface area (Å²) in [5.41, 5.74) is 13.6. The molecule has 7 heteroatoms. The average molecular weight is 316 g/mol. The van der Waals surface area contributed by atoms with Crippen molar-refractivity contribution in [3.63, 3.8) is 0 Å². The van der Waals surface area contributed by atoms with Crippen LogP contribution in [0.4, 0.5) is 0 Å². The second-order valence-electron chi connectivity index (χ2n) is 5.86. The molecule has 0 aromatic heterocycles. The summed E-state index contributed by atoms with van der Waals surface area (Å²) in [4.78, 5) is 6.57. The molecular formula is C16H24N6O. The van der Waals surface area contributed by atoms with E-state index in [9.17, 15) is 0 Å². The summed E-state index contributed by atoms with van der Waals surface area (Å²) in [6.07, 6.45) is 1.79. The van der Waals surface area contributed by atoms with Crippen LogP contribution in [0.15, 0.2) is 41.0 Å². The van der Waals surface area contributed by atoms with Crippen molar-refractivity contribution in [1.29, 1.82) is 0 Å². The molecule has 1 fully saturated rings. The highest BCUT2D eigenvalue weighted by Crippen LogP contribution is 2.28. The number of rotatable bonds is 4. The summed E-state index contributed by atoms with van der Waals surface area (Å²) in [6, 6.07) is 7.71. The fraction of sp³-hybridized carbons (Fsp3) is 0.438. The molecule has 1 aromatic rings. The Bertz CT molecular complexity index is 606. The van der Waals surface area contributed by atoms with Gasteiger partial charge in [-0.05, 0) is 17.7 Å². The third-order valence-corrected chi connectivity index (χ3v) is 4.34. The molecule has 2 aliphatic rings. The molecule has 1 saturated heterocycles. The number of hydrogen-bond acceptors (Lipinski definition) is 7. The molecule has 1 unspecified atom stereocenters. The average Bonchev–Trinajstić information content (AvgIpc) is 2.58. The molecule has 0 saturated carbocycles. The van der Waals surface area contributed by atoms with Gasteiger partial charge in [-0.1, -0.05) is 12.1 Å². The Morgan fingerprint density at radius 1 is 1.26 bits per heavy atom. The number of guanidine groups is 1. The molecule has 0 bridgehead atoms. The van der Waals surface area contributed by atoms with Crippen molar-refractivity contribution in [2.24, 2.45) is 16.5 Å². The van der Waals surface area contributed by atoms with Crippen molar-refractivity contribution in [2.75, 3.05) is 39.8 Å². The lowest BCUT2D eigenvalue weighted by Crippen LogP contribution is -2.60. The summed E-state index contributed by atoms with van der Waals surface area (Å²) in [5.74, 6) is 1.12. The zero-order valence-electron chi connectivity index (χ0n) is 13.4. The summed E-state index contributed by atoms with van der Waals surface area (Å²) in [7, 11) is 1.65. The minimum Gasteiger partial charge on any atom is -0.497 e. The van der Waals surface area contributed by atoms with Crippen molar-refractivity contribution < 1.29 is 4.74 Å². The number of nitrogens with one attached hydrogen (secondary N) is 2. The van der Waals surface area contributed by atoms with Crippen LogP contribution >= 0.6 is 0 Å². The maximum Gasteiger partial charge on any atom is 0.195 e. The first-order valence-corrected chi connectivity index (χ1v) is 7.79. The van der Waals surface area contributed by atoms with Crippen LogP contribution in [0.3, 0.4) is 0 Å². The zero-order valence-corrected chi connectivity index (χ0v) is 13.4. The van der Waals surface area contributed by atoms with Crippen molar-refractivity contribution in [1.82, 2.24) is 15.5 Å². The van der Waals surface area contributed by atoms with Gasteiger partial charge < -0.3 is 26.8 Å². The summed E-state index contributed by atoms with van der Waals surface area (Å²) >= 11 is 0. The lowest BCUT2D eigenvalue weighted by atomic mass is 9.90. The van der Waals surface area contributed by atoms with Crippen molar-refractivity contribution in [2.45, 2.75) is 5.66 Å². The largest absolute Gasteiger partial charge is 0.497 e. The van der Waals surface area contributed by atoms with E-state index in [0.717, 1.165) is 49.6 Å². The summed E-state index contributed by atoms with van der Waals surface area (Å²) in [5, 5.41) is 6.49. The zero-order chi connectivity index (χ0) is 16.3. The Balaban J connectivity index is 1.86. The summed E-state index contributed by atoms with van der Waals surface area (Å²) < 4.78 is 5.22. The third-order valence-electron chi connectivity index (χ3n) is 4.34. The first-order chi connectivity index (χ1) is 11.1. The molecule has 1 atom stereocenters. The van der Waals surface area contributed by atoms with Gasteiger partial charge in [0.15, 0.2) is 5.96 Å². The highest BCUT2D eigenvalue weighted by Gasteiger charge is 2.35. The van der Waals surface area contributed by atoms with Gasteiger partial charge in [0.05, 0.1) is 7.11 Å². The molecule has 0 amide bonds. The first-order valence-electron chi connectivity index (χ1n) is 7.79. The highest BCUT2D eigenvalue weighted by atomic mass is 16.5. The van der Waals surface area contributed by atoms with Crippen LogP contribution in [0.2, 0.25) is 0 Å². The predicted molar refractivity (Wildman–Crippen MR) is 91.0 cm³/mol. The van der Waals surface area contributed by atoms with Gasteiger partial charge in [0.2, 0.25) is 0 Å². The van der Waals surface area contributed by atoms with E-state index in [1.807, 2.05) is 24.3 Å². The molecule has 2 aliphatic heterocycles. The van der Waals surface area contributed by atoms with Crippen LogP contribution in [0.1, 0.15) is 5.56 Å². The topological polar surface area (TPSA) is 101 Å². The molecule has 0 radical (unpaired) electrons. The molecule has 6 N–H and O–H groups in total. The standard InChI is InChI=1S/C16H24N6O/c1-23-14-4-2-12(3-5-14)16(18)13(10-20-15(17)21-16)11-22-8-6-19-7-9-22/h2-5,10,19H,6-9,11,18H2,1H3,(H3,17,20,21). The fourth-order valence-corrected chi connectivity index (χ4v) is 2.95. The number of methoxy groups -OCH3 is 1. The van der Waals surface area contributed by atoms with Crippen LogP contribution in [0, 0.1) is 0 Å². The Labute approximate surface area is 136 Å². The molecule has 7 nitrogen and oxygen atoms in total. The Hall–Kier alpha value is -2.09. The van der Waals surface area contributed by atoms with E-state index >= 15 is 0 Å². The van der Waals surface area contributed by atoms with Crippen LogP contribution in [0.5, 0.6) is 5.75 Å². The van der Waals surface area contributed by atoms with E-state index in [1.54, 1.807) is 13.3 Å². The normalized spacial score (nSPS) is 25.3. The molecule has 0 aliphatic carbocycles. The fourth-order valence-electron chi connectivity index (χ4n) is 2.95. The van der Waals surface area contributed by atoms with E-state index in [4.69, 9.17) is 16.2 Å². The van der Waals surface area contributed by atoms with Gasteiger partial charge in [-0.15, -0.1) is 0 Å². The van der Waals surface area contributed by atoms with Crippen LogP contribution in [-0.2, 0) is 5.66 Å². The highest BCUT2D eigenvalue weighted by molar-refractivity contribution is 5.81. The van der Waals surface area contributed by atoms with E-state index in [1.165, 1.54) is 0 Å². The minimum atomic E-state index is -0.858. The number of aliphatic imine (C=N–C) groups is 1. The lowest BCUT2D eigenvalue weighted by Gasteiger charge is -2.39. The molecule has 3 rings (SSSR count). The number of piperazine rings is 1. The molecule has 0 spiro atoms. The minimum absolute atomic E-state index is 0.326. The lowest BCUT2D eigenvalue weighted by molar-refractivity contribution is 0.245. The van der Waals surface area contributed by atoms with Gasteiger partial charge in [0.25, 0.3) is 0 Å². The van der Waals surface area contributed by atoms with Crippen LogP contribution < -0.4 is 26.8 Å². The molecule has 2 heterocycles. The number of hydrogen-bond donors (Lipinski definition) is 4. The SMILES string of the molecule is COc1ccc(C2(N)NC(N)=NC=C2CN2CCNCC2)cc1. The van der Waals surface area contributed by atoms with E-state index < -0.39 is 5.66 Å². The van der Waals surface area contributed by atoms with E-state index in [-0.39, 0.29) is 0 Å². The number of ether oxygens (including phenoxy) is 1. The Kier molecular flexibility index (Phi) is 4.51. The van der Waals surface area contributed by atoms with Crippen molar-refractivity contribution in [3.8, 4) is 5.75 Å². The van der Waals surface area contributed by atoms with E-state index in [2.05, 4.69) is 20.5 Å². The van der Waals surface area contributed by atoms with Gasteiger partial charge in [0.1, 0.15) is 11.4 Å². The van der Waals surface area contributed by atoms with Gasteiger partial charge in [-0.25, -0.2) is 4.99 Å². The second-order valence-corrected chi connectivity index (χ2v) is 5.86. The summed E-state index contributed by atoms with van der Waals surface area (Å²) in [6.45, 7) is 4.73. The van der Waals surface area contributed by atoms with Crippen LogP contribution in [-0.4, -0.2) is 50.7 Å². The quantitative estimate of drug-likeness (QED) is 0.598. The maximum atomic E-state index is 6.70. The van der Waals surface area contributed by atoms with E-state index in [0.29, 0.717) is 5.96 Å². The maximum absolute atomic E-state index is 6.70. The number of nitrogens with zero attached hydrogens (tertiary/aromatic N) is 2. The van der Waals surface area contributed by atoms with Gasteiger partial charge >= 0.3 is 0 Å². The predicted octanol–water partition coefficient (Wildman–Crippen LogP) is -0.486. The molecular weight excluding hydrogens is 292 g/mol. The Morgan fingerprint density at radius 2 is 1.96 bits per heavy atom. The smallest absolute Gasteiger partial charge is 0.195 e.